The molecule has 0 radical (unpaired) electrons. The van der Waals surface area contributed by atoms with Crippen LogP contribution in [0.15, 0.2) is 170 Å². The summed E-state index contributed by atoms with van der Waals surface area (Å²) in [5.41, 5.74) is 6.26. The van der Waals surface area contributed by atoms with Crippen LogP contribution in [0.25, 0.3) is 66.9 Å². The zero-order valence-electron chi connectivity index (χ0n) is 26.3. The lowest BCUT2D eigenvalue weighted by atomic mass is 10.1. The number of ether oxygens (including phenoxy) is 1. The van der Waals surface area contributed by atoms with Gasteiger partial charge in [0.05, 0.1) is 28.3 Å². The molecule has 0 amide bonds. The topological polar surface area (TPSA) is 54.7 Å². The van der Waals surface area contributed by atoms with Crippen LogP contribution >= 0.6 is 0 Å². The Bertz CT molecular complexity index is 2750. The normalized spacial score (nSPS) is 11.7. The van der Waals surface area contributed by atoms with E-state index in [-0.39, 0.29) is 0 Å². The van der Waals surface area contributed by atoms with Crippen molar-refractivity contribution < 1.29 is 4.74 Å². The Hall–Kier alpha value is -6.86. The van der Waals surface area contributed by atoms with E-state index in [1.54, 1.807) is 0 Å². The molecule has 0 aliphatic rings. The first-order valence-corrected chi connectivity index (χ1v) is 16.3. The molecule has 7 heteroatoms. The number of para-hydroxylation sites is 5. The smallest absolute Gasteiger partial charge is 0.239 e. The fourth-order valence-electron chi connectivity index (χ4n) is 7.07. The predicted octanol–water partition coefficient (Wildman–Crippen LogP) is 10.0. The van der Waals surface area contributed by atoms with Gasteiger partial charge in [0.2, 0.25) is 17.8 Å². The van der Waals surface area contributed by atoms with Crippen molar-refractivity contribution in [3.63, 3.8) is 0 Å². The summed E-state index contributed by atoms with van der Waals surface area (Å²) >= 11 is 0. The van der Waals surface area contributed by atoms with Gasteiger partial charge in [-0.25, -0.2) is 4.98 Å². The molecule has 0 saturated heterocycles. The van der Waals surface area contributed by atoms with Gasteiger partial charge in [-0.2, -0.15) is 4.98 Å². The number of imidazole rings is 2. The summed E-state index contributed by atoms with van der Waals surface area (Å²) in [6, 6.07) is 52.2. The van der Waals surface area contributed by atoms with E-state index in [1.807, 2.05) is 61.1 Å². The maximum atomic E-state index is 6.65. The van der Waals surface area contributed by atoms with E-state index in [1.165, 1.54) is 10.8 Å². The molecule has 10 aromatic rings. The molecule has 232 valence electrons. The van der Waals surface area contributed by atoms with Crippen molar-refractivity contribution in [2.24, 2.45) is 0 Å². The van der Waals surface area contributed by atoms with Gasteiger partial charge in [-0.05, 0) is 54.6 Å². The second kappa shape index (κ2) is 10.9. The first-order valence-electron chi connectivity index (χ1n) is 16.3. The minimum absolute atomic E-state index is 0.494. The molecule has 6 aromatic carbocycles. The lowest BCUT2D eigenvalue weighted by Crippen LogP contribution is -2.04. The van der Waals surface area contributed by atoms with Crippen LogP contribution in [0.5, 0.6) is 11.6 Å². The van der Waals surface area contributed by atoms with Crippen LogP contribution in [-0.2, 0) is 0 Å². The van der Waals surface area contributed by atoms with Gasteiger partial charge in [-0.3, -0.25) is 18.3 Å². The number of nitrogens with zero attached hydrogens (tertiary/aromatic N) is 6. The molecule has 0 fully saturated rings. The maximum absolute atomic E-state index is 6.65. The minimum Gasteiger partial charge on any atom is -0.437 e. The van der Waals surface area contributed by atoms with Crippen molar-refractivity contribution >= 4 is 43.6 Å². The monoisotopic (exact) mass is 632 g/mol. The summed E-state index contributed by atoms with van der Waals surface area (Å²) in [7, 11) is 0. The Balaban J connectivity index is 1.15. The Morgan fingerprint density at radius 3 is 1.57 bits per heavy atom. The van der Waals surface area contributed by atoms with Crippen LogP contribution in [-0.4, -0.2) is 28.2 Å². The summed E-state index contributed by atoms with van der Waals surface area (Å²) < 4.78 is 15.3. The van der Waals surface area contributed by atoms with Crippen LogP contribution in [0, 0.1) is 0 Å². The lowest BCUT2D eigenvalue weighted by molar-refractivity contribution is 0.466. The zero-order chi connectivity index (χ0) is 32.3. The molecule has 0 spiro atoms. The highest BCUT2D eigenvalue weighted by Crippen LogP contribution is 2.37. The largest absolute Gasteiger partial charge is 0.437 e. The van der Waals surface area contributed by atoms with Crippen molar-refractivity contribution in [3.8, 4) is 34.9 Å². The van der Waals surface area contributed by atoms with Crippen molar-refractivity contribution in [1.82, 2.24) is 28.2 Å². The first kappa shape index (κ1) is 27.3. The second-order valence-electron chi connectivity index (χ2n) is 12.0. The molecular weight excluding hydrogens is 605 g/mol. The molecule has 4 heterocycles. The number of benzene rings is 6. The predicted molar refractivity (Wildman–Crippen MR) is 196 cm³/mol. The Morgan fingerprint density at radius 1 is 0.449 bits per heavy atom. The van der Waals surface area contributed by atoms with Crippen molar-refractivity contribution in [1.29, 1.82) is 0 Å². The highest BCUT2D eigenvalue weighted by molar-refractivity contribution is 6.10. The molecule has 7 nitrogen and oxygen atoms in total. The minimum atomic E-state index is 0.494. The Labute approximate surface area is 281 Å². The highest BCUT2D eigenvalue weighted by Gasteiger charge is 2.21. The third-order valence-corrected chi connectivity index (χ3v) is 9.20. The number of aromatic nitrogens is 6. The van der Waals surface area contributed by atoms with Gasteiger partial charge in [0.1, 0.15) is 5.75 Å². The van der Waals surface area contributed by atoms with E-state index in [4.69, 9.17) is 14.7 Å². The summed E-state index contributed by atoms with van der Waals surface area (Å²) in [4.78, 5) is 10.00. The van der Waals surface area contributed by atoms with Gasteiger partial charge in [0.25, 0.3) is 0 Å². The second-order valence-corrected chi connectivity index (χ2v) is 12.0. The number of fused-ring (bicyclic) bond motifs is 6. The quantitative estimate of drug-likeness (QED) is 0.183. The number of hydrogen-bond donors (Lipinski definition) is 0. The van der Waals surface area contributed by atoms with Gasteiger partial charge in [0, 0.05) is 51.4 Å². The average molecular weight is 633 g/mol. The summed E-state index contributed by atoms with van der Waals surface area (Å²) in [5.74, 6) is 2.73. The van der Waals surface area contributed by atoms with Gasteiger partial charge < -0.3 is 4.74 Å². The van der Waals surface area contributed by atoms with E-state index in [2.05, 4.69) is 127 Å². The van der Waals surface area contributed by atoms with Crippen molar-refractivity contribution in [2.75, 3.05) is 0 Å². The summed E-state index contributed by atoms with van der Waals surface area (Å²) in [6.45, 7) is 0. The van der Waals surface area contributed by atoms with E-state index >= 15 is 0 Å². The number of rotatable bonds is 6. The molecule has 49 heavy (non-hydrogen) atoms. The fourth-order valence-corrected chi connectivity index (χ4v) is 7.07. The Morgan fingerprint density at radius 2 is 0.959 bits per heavy atom. The van der Waals surface area contributed by atoms with Gasteiger partial charge in [-0.1, -0.05) is 91.0 Å². The average Bonchev–Trinajstić information content (AvgIpc) is 3.94. The maximum Gasteiger partial charge on any atom is 0.239 e. The standard InChI is InChI=1S/C42H28N6O/c1-3-13-29(14-4-1)45-26-25-43-41(45)48-38-22-12-9-19-34(38)35-24-23-31(27-39(35)48)49-40-28-46(30-15-5-2-6-16-30)42(44-40)47-36-20-10-7-17-32(36)33-18-8-11-21-37(33)47/h1-28H. The van der Waals surface area contributed by atoms with E-state index in [0.29, 0.717) is 11.6 Å². The Kier molecular flexibility index (Phi) is 6.04. The molecule has 0 bridgehead atoms. The van der Waals surface area contributed by atoms with E-state index in [0.717, 1.165) is 56.1 Å². The van der Waals surface area contributed by atoms with Crippen LogP contribution in [0.3, 0.4) is 0 Å². The first-order chi connectivity index (χ1) is 24.3. The SMILES string of the molecule is c1ccc(-n2ccnc2-n2c3ccccc3c3ccc(Oc4cn(-c5ccccc5)c(-n5c6ccccc6c6ccccc65)n4)cc32)cc1. The molecule has 10 rings (SSSR count). The van der Waals surface area contributed by atoms with Gasteiger partial charge in [-0.15, -0.1) is 0 Å². The van der Waals surface area contributed by atoms with Crippen molar-refractivity contribution in [2.45, 2.75) is 0 Å². The fraction of sp³-hybridized carbons (Fsp3) is 0. The summed E-state index contributed by atoms with van der Waals surface area (Å²) in [6.07, 6.45) is 5.81. The molecular formula is C42H28N6O. The molecule has 0 saturated carbocycles. The highest BCUT2D eigenvalue weighted by atomic mass is 16.5. The van der Waals surface area contributed by atoms with Gasteiger partial charge >= 0.3 is 0 Å². The lowest BCUT2D eigenvalue weighted by Gasteiger charge is -2.11. The van der Waals surface area contributed by atoms with Crippen molar-refractivity contribution in [3.05, 3.63) is 170 Å². The molecule has 0 atom stereocenters. The molecule has 0 aliphatic carbocycles. The van der Waals surface area contributed by atoms with Crippen LogP contribution in [0.4, 0.5) is 0 Å². The molecule has 0 unspecified atom stereocenters. The number of hydrogen-bond acceptors (Lipinski definition) is 3. The summed E-state index contributed by atoms with van der Waals surface area (Å²) in [5, 5.41) is 4.62. The van der Waals surface area contributed by atoms with E-state index < -0.39 is 0 Å². The van der Waals surface area contributed by atoms with E-state index in [9.17, 15) is 0 Å². The molecule has 0 N–H and O–H groups in total. The zero-order valence-corrected chi connectivity index (χ0v) is 26.3. The van der Waals surface area contributed by atoms with Gasteiger partial charge in [0.15, 0.2) is 0 Å². The third kappa shape index (κ3) is 4.29. The molecule has 0 aliphatic heterocycles. The third-order valence-electron chi connectivity index (χ3n) is 9.20. The molecule has 4 aromatic heterocycles. The van der Waals surface area contributed by atoms with Crippen LogP contribution < -0.4 is 4.74 Å². The van der Waals surface area contributed by atoms with Crippen LogP contribution in [0.2, 0.25) is 0 Å². The van der Waals surface area contributed by atoms with Crippen LogP contribution in [0.1, 0.15) is 0 Å².